The molecule has 2 rings (SSSR count). The quantitative estimate of drug-likeness (QED) is 0.906. The first-order valence-corrected chi connectivity index (χ1v) is 8.21. The highest BCUT2D eigenvalue weighted by Gasteiger charge is 2.29. The molecule has 0 aromatic heterocycles. The molecule has 0 saturated carbocycles. The minimum Gasteiger partial charge on any atom is -0.497 e. The summed E-state index contributed by atoms with van der Waals surface area (Å²) >= 11 is 0. The van der Waals surface area contributed by atoms with Gasteiger partial charge in [0.2, 0.25) is 0 Å². The van der Waals surface area contributed by atoms with Gasteiger partial charge in [0, 0.05) is 19.1 Å². The van der Waals surface area contributed by atoms with E-state index >= 15 is 0 Å². The number of rotatable bonds is 5. The Morgan fingerprint density at radius 2 is 2.00 bits per heavy atom. The number of nitrogens with zero attached hydrogens (tertiary/aromatic N) is 1. The summed E-state index contributed by atoms with van der Waals surface area (Å²) in [4.78, 5) is 13.8. The summed E-state index contributed by atoms with van der Waals surface area (Å²) in [6, 6.07) is 8.48. The second-order valence-electron chi connectivity index (χ2n) is 6.96. The van der Waals surface area contributed by atoms with Crippen LogP contribution in [0, 0.1) is 0 Å². The zero-order valence-electron chi connectivity index (χ0n) is 14.6. The monoisotopic (exact) mass is 320 g/mol. The van der Waals surface area contributed by atoms with Crippen LogP contribution in [0.1, 0.15) is 32.8 Å². The Morgan fingerprint density at radius 3 is 2.61 bits per heavy atom. The number of carbonyl (C=O) groups is 1. The van der Waals surface area contributed by atoms with Gasteiger partial charge in [-0.2, -0.15) is 0 Å². The second kappa shape index (κ2) is 7.68. The van der Waals surface area contributed by atoms with E-state index in [0.29, 0.717) is 6.04 Å². The minimum absolute atomic E-state index is 0.211. The van der Waals surface area contributed by atoms with Gasteiger partial charge in [0.05, 0.1) is 7.11 Å². The molecule has 1 heterocycles. The summed E-state index contributed by atoms with van der Waals surface area (Å²) < 4.78 is 10.6. The normalized spacial score (nSPS) is 18.1. The standard InChI is InChI=1S/C18H28N2O3/c1-18(2,3)23-17(21)20-12-10-15(13-20)19-11-9-14-5-7-16(22-4)8-6-14/h5-8,15,19H,9-13H2,1-4H3. The molecule has 1 fully saturated rings. The van der Waals surface area contributed by atoms with Gasteiger partial charge in [0.15, 0.2) is 0 Å². The molecule has 1 saturated heterocycles. The maximum Gasteiger partial charge on any atom is 0.410 e. The van der Waals surface area contributed by atoms with Crippen molar-refractivity contribution in [2.45, 2.75) is 45.3 Å². The molecule has 5 nitrogen and oxygen atoms in total. The molecule has 1 N–H and O–H groups in total. The fourth-order valence-corrected chi connectivity index (χ4v) is 2.63. The van der Waals surface area contributed by atoms with E-state index in [-0.39, 0.29) is 6.09 Å². The number of methoxy groups -OCH3 is 1. The van der Waals surface area contributed by atoms with E-state index in [1.807, 2.05) is 32.9 Å². The minimum atomic E-state index is -0.434. The van der Waals surface area contributed by atoms with Crippen LogP contribution in [-0.4, -0.2) is 49.4 Å². The Hall–Kier alpha value is -1.75. The lowest BCUT2D eigenvalue weighted by molar-refractivity contribution is 0.0291. The van der Waals surface area contributed by atoms with E-state index in [1.165, 1.54) is 5.56 Å². The van der Waals surface area contributed by atoms with Crippen molar-refractivity contribution in [3.63, 3.8) is 0 Å². The van der Waals surface area contributed by atoms with Gasteiger partial charge in [-0.25, -0.2) is 4.79 Å². The summed E-state index contributed by atoms with van der Waals surface area (Å²) in [5, 5.41) is 3.53. The number of nitrogens with one attached hydrogen (secondary N) is 1. The molecule has 1 unspecified atom stereocenters. The number of ether oxygens (including phenoxy) is 2. The highest BCUT2D eigenvalue weighted by molar-refractivity contribution is 5.68. The molecule has 0 aliphatic carbocycles. The van der Waals surface area contributed by atoms with E-state index < -0.39 is 5.60 Å². The second-order valence-corrected chi connectivity index (χ2v) is 6.96. The van der Waals surface area contributed by atoms with Gasteiger partial charge in [-0.1, -0.05) is 12.1 Å². The highest BCUT2D eigenvalue weighted by atomic mass is 16.6. The summed E-state index contributed by atoms with van der Waals surface area (Å²) in [7, 11) is 1.67. The zero-order chi connectivity index (χ0) is 16.9. The predicted molar refractivity (Wildman–Crippen MR) is 90.9 cm³/mol. The van der Waals surface area contributed by atoms with Gasteiger partial charge in [-0.05, 0) is 57.9 Å². The van der Waals surface area contributed by atoms with E-state index in [0.717, 1.165) is 38.2 Å². The maximum absolute atomic E-state index is 12.0. The average molecular weight is 320 g/mol. The number of benzene rings is 1. The van der Waals surface area contributed by atoms with Crippen LogP contribution in [0.25, 0.3) is 0 Å². The molecule has 0 bridgehead atoms. The molecular formula is C18H28N2O3. The van der Waals surface area contributed by atoms with Crippen LogP contribution in [0.3, 0.4) is 0 Å². The summed E-state index contributed by atoms with van der Waals surface area (Å²) in [5.74, 6) is 0.880. The van der Waals surface area contributed by atoms with Crippen molar-refractivity contribution in [2.24, 2.45) is 0 Å². The largest absolute Gasteiger partial charge is 0.497 e. The molecule has 0 radical (unpaired) electrons. The molecule has 1 aliphatic heterocycles. The maximum atomic E-state index is 12.0. The lowest BCUT2D eigenvalue weighted by Crippen LogP contribution is -2.38. The molecule has 128 valence electrons. The first-order valence-electron chi connectivity index (χ1n) is 8.21. The van der Waals surface area contributed by atoms with Crippen molar-refractivity contribution in [2.75, 3.05) is 26.7 Å². The predicted octanol–water partition coefficient (Wildman–Crippen LogP) is 2.84. The van der Waals surface area contributed by atoms with Gasteiger partial charge < -0.3 is 19.7 Å². The van der Waals surface area contributed by atoms with Gasteiger partial charge in [0.25, 0.3) is 0 Å². The lowest BCUT2D eigenvalue weighted by atomic mass is 10.1. The van der Waals surface area contributed by atoms with Crippen molar-refractivity contribution in [1.82, 2.24) is 10.2 Å². The fourth-order valence-electron chi connectivity index (χ4n) is 2.63. The number of carbonyl (C=O) groups excluding carboxylic acids is 1. The van der Waals surface area contributed by atoms with Crippen molar-refractivity contribution >= 4 is 6.09 Å². The van der Waals surface area contributed by atoms with Crippen LogP contribution in [0.15, 0.2) is 24.3 Å². The van der Waals surface area contributed by atoms with Crippen LogP contribution in [0.5, 0.6) is 5.75 Å². The third-order valence-corrected chi connectivity index (χ3v) is 3.85. The number of hydrogen-bond donors (Lipinski definition) is 1. The molecule has 1 aromatic carbocycles. The number of likely N-dealkylation sites (tertiary alicyclic amines) is 1. The Balaban J connectivity index is 1.70. The summed E-state index contributed by atoms with van der Waals surface area (Å²) in [6.45, 7) is 8.06. The zero-order valence-corrected chi connectivity index (χ0v) is 14.6. The van der Waals surface area contributed by atoms with E-state index in [1.54, 1.807) is 12.0 Å². The Kier molecular flexibility index (Phi) is 5.88. The van der Waals surface area contributed by atoms with Crippen molar-refractivity contribution in [3.8, 4) is 5.75 Å². The highest BCUT2D eigenvalue weighted by Crippen LogP contribution is 2.15. The van der Waals surface area contributed by atoms with Crippen molar-refractivity contribution in [3.05, 3.63) is 29.8 Å². The third-order valence-electron chi connectivity index (χ3n) is 3.85. The molecule has 1 aromatic rings. The first-order chi connectivity index (χ1) is 10.9. The van der Waals surface area contributed by atoms with Crippen LogP contribution in [-0.2, 0) is 11.2 Å². The number of amides is 1. The van der Waals surface area contributed by atoms with Gasteiger partial charge >= 0.3 is 6.09 Å². The molecule has 1 atom stereocenters. The molecule has 1 aliphatic rings. The molecular weight excluding hydrogens is 292 g/mol. The fraction of sp³-hybridized carbons (Fsp3) is 0.611. The molecule has 23 heavy (non-hydrogen) atoms. The average Bonchev–Trinajstić information content (AvgIpc) is 2.95. The van der Waals surface area contributed by atoms with Gasteiger partial charge in [-0.3, -0.25) is 0 Å². The molecule has 5 heteroatoms. The number of hydrogen-bond acceptors (Lipinski definition) is 4. The smallest absolute Gasteiger partial charge is 0.410 e. The van der Waals surface area contributed by atoms with Crippen LogP contribution >= 0.6 is 0 Å². The van der Waals surface area contributed by atoms with Crippen LogP contribution < -0.4 is 10.1 Å². The topological polar surface area (TPSA) is 50.8 Å². The Labute approximate surface area is 139 Å². The van der Waals surface area contributed by atoms with E-state index in [4.69, 9.17) is 9.47 Å². The lowest BCUT2D eigenvalue weighted by Gasteiger charge is -2.24. The van der Waals surface area contributed by atoms with Crippen molar-refractivity contribution in [1.29, 1.82) is 0 Å². The van der Waals surface area contributed by atoms with Gasteiger partial charge in [0.1, 0.15) is 11.4 Å². The molecule has 1 amide bonds. The SMILES string of the molecule is COc1ccc(CCNC2CCN(C(=O)OC(C)(C)C)C2)cc1. The summed E-state index contributed by atoms with van der Waals surface area (Å²) in [6.07, 6.45) is 1.73. The van der Waals surface area contributed by atoms with Crippen LogP contribution in [0.2, 0.25) is 0 Å². The van der Waals surface area contributed by atoms with Crippen molar-refractivity contribution < 1.29 is 14.3 Å². The third kappa shape index (κ3) is 5.75. The van der Waals surface area contributed by atoms with Crippen LogP contribution in [0.4, 0.5) is 4.79 Å². The summed E-state index contributed by atoms with van der Waals surface area (Å²) in [5.41, 5.74) is 0.844. The van der Waals surface area contributed by atoms with E-state index in [2.05, 4.69) is 17.4 Å². The first kappa shape index (κ1) is 17.6. The van der Waals surface area contributed by atoms with Gasteiger partial charge in [-0.15, -0.1) is 0 Å². The Morgan fingerprint density at radius 1 is 1.30 bits per heavy atom. The van der Waals surface area contributed by atoms with E-state index in [9.17, 15) is 4.79 Å². The Bertz CT molecular complexity index is 508. The molecule has 0 spiro atoms.